The van der Waals surface area contributed by atoms with Gasteiger partial charge in [-0.05, 0) is 57.5 Å². The summed E-state index contributed by atoms with van der Waals surface area (Å²) in [6, 6.07) is 7.48. The number of hydrogen-bond acceptors (Lipinski definition) is 3. The monoisotopic (exact) mass is 282 g/mol. The maximum Gasteiger partial charge on any atom is 0.238 e. The van der Waals surface area contributed by atoms with Crippen LogP contribution >= 0.6 is 0 Å². The molecule has 0 radical (unpaired) electrons. The number of hydrogen-bond donors (Lipinski definition) is 0. The SMILES string of the molecule is Cc1cc(/C=C(\C#N)C(=O)c2ccco2)c(C)n1C(C)C. The van der Waals surface area contributed by atoms with E-state index in [1.807, 2.05) is 26.0 Å². The lowest BCUT2D eigenvalue weighted by Crippen LogP contribution is -2.05. The van der Waals surface area contributed by atoms with Crippen molar-refractivity contribution >= 4 is 11.9 Å². The number of aryl methyl sites for hydroxylation is 1. The molecule has 0 atom stereocenters. The molecule has 0 N–H and O–H groups in total. The number of nitrogens with zero attached hydrogens (tertiary/aromatic N) is 2. The first kappa shape index (κ1) is 14.9. The summed E-state index contributed by atoms with van der Waals surface area (Å²) in [6.45, 7) is 8.22. The van der Waals surface area contributed by atoms with Crippen molar-refractivity contribution in [1.82, 2.24) is 4.57 Å². The van der Waals surface area contributed by atoms with Gasteiger partial charge in [0.15, 0.2) is 5.76 Å². The second-order valence-electron chi connectivity index (χ2n) is 5.27. The number of rotatable bonds is 4. The third kappa shape index (κ3) is 2.82. The minimum absolute atomic E-state index is 0.0777. The Labute approximate surface area is 124 Å². The molecule has 108 valence electrons. The summed E-state index contributed by atoms with van der Waals surface area (Å²) in [4.78, 5) is 12.2. The summed E-state index contributed by atoms with van der Waals surface area (Å²) >= 11 is 0. The molecule has 2 rings (SSSR count). The predicted octanol–water partition coefficient (Wildman–Crippen LogP) is 4.07. The Morgan fingerprint density at radius 2 is 2.14 bits per heavy atom. The van der Waals surface area contributed by atoms with Gasteiger partial charge in [-0.1, -0.05) is 0 Å². The Balaban J connectivity index is 2.45. The van der Waals surface area contributed by atoms with E-state index >= 15 is 0 Å². The van der Waals surface area contributed by atoms with E-state index in [4.69, 9.17) is 4.42 Å². The molecule has 0 saturated heterocycles. The highest BCUT2D eigenvalue weighted by atomic mass is 16.3. The number of aromatic nitrogens is 1. The van der Waals surface area contributed by atoms with Crippen molar-refractivity contribution in [2.45, 2.75) is 33.7 Å². The van der Waals surface area contributed by atoms with E-state index in [9.17, 15) is 10.1 Å². The van der Waals surface area contributed by atoms with Gasteiger partial charge in [-0.2, -0.15) is 5.26 Å². The molecule has 21 heavy (non-hydrogen) atoms. The van der Waals surface area contributed by atoms with Crippen LogP contribution in [0.4, 0.5) is 0 Å². The normalized spacial score (nSPS) is 11.7. The topological polar surface area (TPSA) is 58.9 Å². The zero-order valence-corrected chi connectivity index (χ0v) is 12.7. The number of carbonyl (C=O) groups is 1. The van der Waals surface area contributed by atoms with Crippen LogP contribution in [0.5, 0.6) is 0 Å². The standard InChI is InChI=1S/C17H18N2O2/c1-11(2)19-12(3)8-14(13(19)4)9-15(10-18)17(20)16-6-5-7-21-16/h5-9,11H,1-4H3/b15-9+. The third-order valence-corrected chi connectivity index (χ3v) is 3.45. The highest BCUT2D eigenvalue weighted by Crippen LogP contribution is 2.23. The molecule has 2 aromatic rings. The largest absolute Gasteiger partial charge is 0.461 e. The molecule has 0 unspecified atom stereocenters. The summed E-state index contributed by atoms with van der Waals surface area (Å²) < 4.78 is 7.25. The van der Waals surface area contributed by atoms with E-state index in [1.54, 1.807) is 18.2 Å². The van der Waals surface area contributed by atoms with Crippen LogP contribution < -0.4 is 0 Å². The summed E-state index contributed by atoms with van der Waals surface area (Å²) in [5.41, 5.74) is 3.12. The number of nitriles is 1. The molecule has 4 heteroatoms. The minimum atomic E-state index is -0.392. The third-order valence-electron chi connectivity index (χ3n) is 3.45. The Bertz CT molecular complexity index is 726. The zero-order valence-electron chi connectivity index (χ0n) is 12.7. The van der Waals surface area contributed by atoms with Gasteiger partial charge in [-0.3, -0.25) is 4.79 Å². The second-order valence-corrected chi connectivity index (χ2v) is 5.27. The fourth-order valence-corrected chi connectivity index (χ4v) is 2.59. The van der Waals surface area contributed by atoms with Crippen molar-refractivity contribution in [2.75, 3.05) is 0 Å². The highest BCUT2D eigenvalue weighted by Gasteiger charge is 2.17. The maximum atomic E-state index is 12.2. The Kier molecular flexibility index (Phi) is 4.13. The number of allylic oxidation sites excluding steroid dienone is 1. The van der Waals surface area contributed by atoms with Crippen molar-refractivity contribution < 1.29 is 9.21 Å². The fourth-order valence-electron chi connectivity index (χ4n) is 2.59. The summed E-state index contributed by atoms with van der Waals surface area (Å²) in [5, 5.41) is 9.25. The van der Waals surface area contributed by atoms with E-state index in [1.165, 1.54) is 6.26 Å². The van der Waals surface area contributed by atoms with Gasteiger partial charge in [0.2, 0.25) is 5.78 Å². The summed E-state index contributed by atoms with van der Waals surface area (Å²) in [5.74, 6) is -0.211. The van der Waals surface area contributed by atoms with Gasteiger partial charge in [0, 0.05) is 17.4 Å². The molecule has 0 aliphatic carbocycles. The van der Waals surface area contributed by atoms with Gasteiger partial charge in [0.05, 0.1) is 6.26 Å². The van der Waals surface area contributed by atoms with E-state index in [0.717, 1.165) is 17.0 Å². The molecule has 4 nitrogen and oxygen atoms in total. The first-order chi connectivity index (χ1) is 9.95. The first-order valence-corrected chi connectivity index (χ1v) is 6.84. The number of ketones is 1. The number of furan rings is 1. The minimum Gasteiger partial charge on any atom is -0.461 e. The van der Waals surface area contributed by atoms with Crippen molar-refractivity contribution in [2.24, 2.45) is 0 Å². The molecule has 2 aromatic heterocycles. The predicted molar refractivity (Wildman–Crippen MR) is 80.9 cm³/mol. The molecule has 0 bridgehead atoms. The van der Waals surface area contributed by atoms with Gasteiger partial charge in [-0.15, -0.1) is 0 Å². The molecular weight excluding hydrogens is 264 g/mol. The quantitative estimate of drug-likeness (QED) is 0.482. The summed E-state index contributed by atoms with van der Waals surface area (Å²) in [7, 11) is 0. The zero-order chi connectivity index (χ0) is 15.6. The number of carbonyl (C=O) groups excluding carboxylic acids is 1. The van der Waals surface area contributed by atoms with Crippen LogP contribution in [0.15, 0.2) is 34.5 Å². The van der Waals surface area contributed by atoms with E-state index in [-0.39, 0.29) is 11.3 Å². The van der Waals surface area contributed by atoms with E-state index in [0.29, 0.717) is 6.04 Å². The van der Waals surface area contributed by atoms with Gasteiger partial charge in [-0.25, -0.2) is 0 Å². The molecule has 0 saturated carbocycles. The van der Waals surface area contributed by atoms with Crippen molar-refractivity contribution in [1.29, 1.82) is 5.26 Å². The summed E-state index contributed by atoms with van der Waals surface area (Å²) in [6.07, 6.45) is 3.05. The van der Waals surface area contributed by atoms with Gasteiger partial charge < -0.3 is 8.98 Å². The molecule has 0 aromatic carbocycles. The highest BCUT2D eigenvalue weighted by molar-refractivity contribution is 6.12. The smallest absolute Gasteiger partial charge is 0.238 e. The molecule has 0 spiro atoms. The van der Waals surface area contributed by atoms with Crippen LogP contribution in [-0.2, 0) is 0 Å². The lowest BCUT2D eigenvalue weighted by Gasteiger charge is -2.13. The lowest BCUT2D eigenvalue weighted by atomic mass is 10.1. The Hall–Kier alpha value is -2.54. The molecule has 0 aliphatic rings. The number of Topliss-reactive ketones (excluding diaryl/α,β-unsaturated/α-hetero) is 1. The molecular formula is C17H18N2O2. The second kappa shape index (κ2) is 5.84. The maximum absolute atomic E-state index is 12.2. The van der Waals surface area contributed by atoms with Gasteiger partial charge in [0.1, 0.15) is 11.6 Å². The molecule has 2 heterocycles. The van der Waals surface area contributed by atoms with Gasteiger partial charge in [0.25, 0.3) is 0 Å². The first-order valence-electron chi connectivity index (χ1n) is 6.84. The molecule has 0 fully saturated rings. The lowest BCUT2D eigenvalue weighted by molar-refractivity contribution is 0.101. The van der Waals surface area contributed by atoms with Crippen molar-refractivity contribution in [3.8, 4) is 6.07 Å². The average molecular weight is 282 g/mol. The van der Waals surface area contributed by atoms with E-state index < -0.39 is 5.78 Å². The van der Waals surface area contributed by atoms with Crippen LogP contribution in [0, 0.1) is 25.2 Å². The average Bonchev–Trinajstić information content (AvgIpc) is 3.04. The van der Waals surface area contributed by atoms with Crippen LogP contribution in [0.2, 0.25) is 0 Å². The van der Waals surface area contributed by atoms with E-state index in [2.05, 4.69) is 18.4 Å². The Morgan fingerprint density at radius 1 is 1.43 bits per heavy atom. The van der Waals surface area contributed by atoms with Crippen LogP contribution in [0.3, 0.4) is 0 Å². The fraction of sp³-hybridized carbons (Fsp3) is 0.294. The van der Waals surface area contributed by atoms with Gasteiger partial charge >= 0.3 is 0 Å². The van der Waals surface area contributed by atoms with Crippen molar-refractivity contribution in [3.63, 3.8) is 0 Å². The van der Waals surface area contributed by atoms with Crippen LogP contribution in [-0.4, -0.2) is 10.4 Å². The van der Waals surface area contributed by atoms with Crippen LogP contribution in [0.1, 0.15) is 47.4 Å². The molecule has 0 amide bonds. The molecule has 0 aliphatic heterocycles. The van der Waals surface area contributed by atoms with Crippen LogP contribution in [0.25, 0.3) is 6.08 Å². The Morgan fingerprint density at radius 3 is 2.62 bits per heavy atom. The van der Waals surface area contributed by atoms with Crippen molar-refractivity contribution in [3.05, 3.63) is 52.7 Å².